The van der Waals surface area contributed by atoms with Crippen molar-refractivity contribution in [3.63, 3.8) is 0 Å². The minimum absolute atomic E-state index is 0.0142. The molecule has 0 radical (unpaired) electrons. The highest BCUT2D eigenvalue weighted by atomic mass is 35.5. The summed E-state index contributed by atoms with van der Waals surface area (Å²) in [4.78, 5) is 33.4. The van der Waals surface area contributed by atoms with Crippen molar-refractivity contribution in [3.05, 3.63) is 87.4 Å². The maximum absolute atomic E-state index is 13.7. The van der Waals surface area contributed by atoms with Crippen molar-refractivity contribution in [2.24, 2.45) is 0 Å². The van der Waals surface area contributed by atoms with Gasteiger partial charge in [-0.05, 0) is 67.8 Å². The predicted molar refractivity (Wildman–Crippen MR) is 163 cm³/mol. The first kappa shape index (κ1) is 28.6. The monoisotopic (exact) mass is 590 g/mol. The number of nitrogens with zero attached hydrogens (tertiary/aromatic N) is 2. The third-order valence-electron chi connectivity index (χ3n) is 7.15. The number of aryl methyl sites for hydroxylation is 2. The number of hydrogen-bond acceptors (Lipinski definition) is 7. The number of carbonyl (C=O) groups excluding carboxylic acids is 2. The molecule has 7 nitrogen and oxygen atoms in total. The smallest absolute Gasteiger partial charge is 0.301 e. The first-order valence-electron chi connectivity index (χ1n) is 13.5. The van der Waals surface area contributed by atoms with E-state index in [1.165, 1.54) is 16.2 Å². The third-order valence-corrected chi connectivity index (χ3v) is 8.40. The number of aromatic nitrogens is 1. The van der Waals surface area contributed by atoms with Crippen LogP contribution in [0.2, 0.25) is 5.02 Å². The lowest BCUT2D eigenvalue weighted by Crippen LogP contribution is -2.29. The van der Waals surface area contributed by atoms with E-state index in [4.69, 9.17) is 21.1 Å². The SMILES string of the molecule is CCCCCOc1ccc(C2C(=C(O)c3cc(C)ccc3C)C(=O)C(=O)N2c2nc3ccc(Cl)cc3s2)cc1OC. The molecule has 2 heterocycles. The number of ether oxygens (including phenoxy) is 2. The molecule has 41 heavy (non-hydrogen) atoms. The van der Waals surface area contributed by atoms with Crippen LogP contribution in [0.3, 0.4) is 0 Å². The molecule has 1 atom stereocenters. The van der Waals surface area contributed by atoms with Gasteiger partial charge in [0, 0.05) is 10.6 Å². The Morgan fingerprint density at radius 3 is 2.61 bits per heavy atom. The first-order valence-corrected chi connectivity index (χ1v) is 14.7. The van der Waals surface area contributed by atoms with Crippen LogP contribution in [0.4, 0.5) is 5.13 Å². The zero-order valence-corrected chi connectivity index (χ0v) is 24.9. The van der Waals surface area contributed by atoms with Crippen molar-refractivity contribution in [2.45, 2.75) is 46.1 Å². The van der Waals surface area contributed by atoms with E-state index in [0.29, 0.717) is 44.9 Å². The summed E-state index contributed by atoms with van der Waals surface area (Å²) in [6, 6.07) is 15.2. The second kappa shape index (κ2) is 11.9. The number of ketones is 1. The molecule has 1 amide bonds. The summed E-state index contributed by atoms with van der Waals surface area (Å²) in [5.74, 6) is -0.767. The van der Waals surface area contributed by atoms with Gasteiger partial charge in [0.2, 0.25) is 0 Å². The van der Waals surface area contributed by atoms with Crippen molar-refractivity contribution in [1.29, 1.82) is 0 Å². The minimum Gasteiger partial charge on any atom is -0.507 e. The maximum atomic E-state index is 13.7. The summed E-state index contributed by atoms with van der Waals surface area (Å²) >= 11 is 7.46. The maximum Gasteiger partial charge on any atom is 0.301 e. The van der Waals surface area contributed by atoms with Gasteiger partial charge in [-0.3, -0.25) is 14.5 Å². The number of unbranched alkanes of at least 4 members (excludes halogenated alkanes) is 2. The van der Waals surface area contributed by atoms with Gasteiger partial charge in [-0.2, -0.15) is 0 Å². The molecule has 3 aromatic carbocycles. The molecule has 1 fully saturated rings. The largest absolute Gasteiger partial charge is 0.507 e. The molecule has 0 spiro atoms. The van der Waals surface area contributed by atoms with E-state index in [9.17, 15) is 14.7 Å². The Hall–Kier alpha value is -3.88. The van der Waals surface area contributed by atoms with E-state index in [1.54, 1.807) is 43.5 Å². The van der Waals surface area contributed by atoms with Gasteiger partial charge in [-0.15, -0.1) is 0 Å². The lowest BCUT2D eigenvalue weighted by Gasteiger charge is -2.24. The van der Waals surface area contributed by atoms with Crippen LogP contribution in [0.25, 0.3) is 16.0 Å². The van der Waals surface area contributed by atoms with Crippen LogP contribution in [0.5, 0.6) is 11.5 Å². The first-order chi connectivity index (χ1) is 19.7. The number of thiazole rings is 1. The van der Waals surface area contributed by atoms with E-state index in [2.05, 4.69) is 11.9 Å². The van der Waals surface area contributed by atoms with Crippen molar-refractivity contribution in [3.8, 4) is 11.5 Å². The van der Waals surface area contributed by atoms with E-state index in [1.807, 2.05) is 32.0 Å². The minimum atomic E-state index is -0.950. The molecule has 1 N–H and O–H groups in total. The number of carbonyl (C=O) groups is 2. The Morgan fingerprint density at radius 2 is 1.85 bits per heavy atom. The highest BCUT2D eigenvalue weighted by Crippen LogP contribution is 2.46. The predicted octanol–water partition coefficient (Wildman–Crippen LogP) is 7.77. The van der Waals surface area contributed by atoms with Crippen LogP contribution in [-0.2, 0) is 9.59 Å². The van der Waals surface area contributed by atoms with Crippen LogP contribution in [0.15, 0.2) is 60.2 Å². The number of fused-ring (bicyclic) bond motifs is 1. The second-order valence-electron chi connectivity index (χ2n) is 10.1. The molecule has 0 saturated carbocycles. The molecular formula is C32H31ClN2O5S. The highest BCUT2D eigenvalue weighted by Gasteiger charge is 2.48. The van der Waals surface area contributed by atoms with E-state index < -0.39 is 17.7 Å². The number of methoxy groups -OCH3 is 1. The number of benzene rings is 3. The fourth-order valence-corrected chi connectivity index (χ4v) is 6.25. The molecule has 0 aliphatic carbocycles. The summed E-state index contributed by atoms with van der Waals surface area (Å²) < 4.78 is 12.4. The number of aliphatic hydroxyl groups excluding tert-OH is 1. The van der Waals surface area contributed by atoms with Crippen LogP contribution in [0.1, 0.15) is 54.5 Å². The van der Waals surface area contributed by atoms with Crippen LogP contribution in [0, 0.1) is 13.8 Å². The molecule has 0 bridgehead atoms. The molecule has 1 aliphatic heterocycles. The Labute approximate surface area is 248 Å². The number of anilines is 1. The Morgan fingerprint density at radius 1 is 1.05 bits per heavy atom. The van der Waals surface area contributed by atoms with Gasteiger partial charge in [0.05, 0.1) is 35.5 Å². The van der Waals surface area contributed by atoms with E-state index in [0.717, 1.165) is 35.1 Å². The average molecular weight is 591 g/mol. The zero-order chi connectivity index (χ0) is 29.3. The van der Waals surface area contributed by atoms with Crippen molar-refractivity contribution < 1.29 is 24.2 Å². The van der Waals surface area contributed by atoms with E-state index >= 15 is 0 Å². The van der Waals surface area contributed by atoms with Gasteiger partial charge in [0.25, 0.3) is 5.78 Å². The number of Topliss-reactive ketones (excluding diaryl/α,β-unsaturated/α-hetero) is 1. The van der Waals surface area contributed by atoms with Crippen molar-refractivity contribution in [1.82, 2.24) is 4.98 Å². The van der Waals surface area contributed by atoms with Gasteiger partial charge < -0.3 is 14.6 Å². The molecule has 4 aromatic rings. The van der Waals surface area contributed by atoms with Gasteiger partial charge in [0.15, 0.2) is 16.6 Å². The third kappa shape index (κ3) is 5.54. The van der Waals surface area contributed by atoms with Crippen molar-refractivity contribution in [2.75, 3.05) is 18.6 Å². The molecule has 212 valence electrons. The molecule has 1 aliphatic rings. The number of hydrogen-bond donors (Lipinski definition) is 1. The topological polar surface area (TPSA) is 89.0 Å². The van der Waals surface area contributed by atoms with Gasteiger partial charge >= 0.3 is 5.91 Å². The molecule has 1 unspecified atom stereocenters. The fourth-order valence-electron chi connectivity index (χ4n) is 4.98. The summed E-state index contributed by atoms with van der Waals surface area (Å²) in [6.07, 6.45) is 3.05. The lowest BCUT2D eigenvalue weighted by atomic mass is 9.93. The van der Waals surface area contributed by atoms with Crippen LogP contribution < -0.4 is 14.4 Å². The molecular weight excluding hydrogens is 560 g/mol. The average Bonchev–Trinajstić information content (AvgIpc) is 3.49. The normalized spacial score (nSPS) is 16.5. The molecule has 5 rings (SSSR count). The number of amides is 1. The van der Waals surface area contributed by atoms with E-state index in [-0.39, 0.29) is 11.3 Å². The highest BCUT2D eigenvalue weighted by molar-refractivity contribution is 7.22. The number of rotatable bonds is 9. The Balaban J connectivity index is 1.68. The lowest BCUT2D eigenvalue weighted by molar-refractivity contribution is -0.132. The molecule has 1 aromatic heterocycles. The number of halogens is 1. The summed E-state index contributed by atoms with van der Waals surface area (Å²) in [7, 11) is 1.54. The van der Waals surface area contributed by atoms with Gasteiger partial charge in [0.1, 0.15) is 5.76 Å². The van der Waals surface area contributed by atoms with Gasteiger partial charge in [-0.1, -0.05) is 66.5 Å². The Bertz CT molecular complexity index is 1680. The fraction of sp³-hybridized carbons (Fsp3) is 0.281. The Kier molecular flexibility index (Phi) is 8.33. The molecule has 1 saturated heterocycles. The standard InChI is InChI=1S/C32H31ClN2O5S/c1-5-6-7-14-40-24-13-10-20(16-25(24)39-4)28-27(29(36)22-15-18(2)8-9-19(22)3)30(37)31(38)35(28)32-34-23-12-11-21(33)17-26(23)41-32/h8-13,15-17,28,36H,5-7,14H2,1-4H3. The van der Waals surface area contributed by atoms with Crippen LogP contribution >= 0.6 is 22.9 Å². The zero-order valence-electron chi connectivity index (χ0n) is 23.4. The summed E-state index contributed by atoms with van der Waals surface area (Å²) in [5, 5.41) is 12.5. The second-order valence-corrected chi connectivity index (χ2v) is 11.5. The van der Waals surface area contributed by atoms with Gasteiger partial charge in [-0.25, -0.2) is 4.98 Å². The summed E-state index contributed by atoms with van der Waals surface area (Å²) in [6.45, 7) is 6.43. The van der Waals surface area contributed by atoms with Crippen molar-refractivity contribution >= 4 is 55.7 Å². The number of aliphatic hydroxyl groups is 1. The quantitative estimate of drug-likeness (QED) is 0.0927. The van der Waals surface area contributed by atoms with Crippen LogP contribution in [-0.4, -0.2) is 35.5 Å². The molecule has 9 heteroatoms. The summed E-state index contributed by atoms with van der Waals surface area (Å²) in [5.41, 5.74) is 3.40.